The normalized spacial score (nSPS) is 16.1. The van der Waals surface area contributed by atoms with Crippen LogP contribution in [-0.2, 0) is 9.53 Å². The highest BCUT2D eigenvalue weighted by Crippen LogP contribution is 2.22. The van der Waals surface area contributed by atoms with Gasteiger partial charge >= 0.3 is 0 Å². The summed E-state index contributed by atoms with van der Waals surface area (Å²) in [5, 5.41) is 2.93. The molecule has 1 saturated heterocycles. The first-order valence-corrected chi connectivity index (χ1v) is 6.99. The quantitative estimate of drug-likeness (QED) is 0.825. The van der Waals surface area contributed by atoms with Gasteiger partial charge < -0.3 is 20.5 Å². The molecule has 0 bridgehead atoms. The van der Waals surface area contributed by atoms with Crippen molar-refractivity contribution in [2.75, 3.05) is 25.6 Å². The zero-order chi connectivity index (χ0) is 13.7. The molecule has 19 heavy (non-hydrogen) atoms. The van der Waals surface area contributed by atoms with Crippen molar-refractivity contribution in [1.82, 2.24) is 5.32 Å². The number of nitrogen functional groups attached to an aromatic ring is 1. The van der Waals surface area contributed by atoms with Gasteiger partial charge in [0.2, 0.25) is 0 Å². The van der Waals surface area contributed by atoms with Crippen molar-refractivity contribution in [3.63, 3.8) is 0 Å². The molecule has 1 aliphatic heterocycles. The van der Waals surface area contributed by atoms with E-state index in [2.05, 4.69) is 21.2 Å². The molecular weight excluding hydrogens is 312 g/mol. The summed E-state index contributed by atoms with van der Waals surface area (Å²) < 4.78 is 11.5. The standard InChI is InChI=1S/C13H17BrN2O3/c14-9-5-10(15)7-12(6-9)19-8-13(17)16-11-1-3-18-4-2-11/h5-7,11H,1-4,8,15H2,(H,16,17). The Morgan fingerprint density at radius 1 is 1.42 bits per heavy atom. The van der Waals surface area contributed by atoms with Gasteiger partial charge in [0.25, 0.3) is 5.91 Å². The average Bonchev–Trinajstić information content (AvgIpc) is 2.36. The number of rotatable bonds is 4. The summed E-state index contributed by atoms with van der Waals surface area (Å²) in [6.45, 7) is 1.40. The van der Waals surface area contributed by atoms with Crippen LogP contribution >= 0.6 is 15.9 Å². The van der Waals surface area contributed by atoms with Crippen LogP contribution in [0.3, 0.4) is 0 Å². The highest BCUT2D eigenvalue weighted by atomic mass is 79.9. The van der Waals surface area contributed by atoms with Crippen molar-refractivity contribution in [1.29, 1.82) is 0 Å². The second-order valence-corrected chi connectivity index (χ2v) is 5.38. The van der Waals surface area contributed by atoms with E-state index in [-0.39, 0.29) is 18.6 Å². The molecule has 1 aromatic rings. The third-order valence-corrected chi connectivity index (χ3v) is 3.31. The van der Waals surface area contributed by atoms with Crippen LogP contribution in [0.1, 0.15) is 12.8 Å². The molecule has 0 atom stereocenters. The summed E-state index contributed by atoms with van der Waals surface area (Å²) in [7, 11) is 0. The van der Waals surface area contributed by atoms with Gasteiger partial charge in [-0.2, -0.15) is 0 Å². The second-order valence-electron chi connectivity index (χ2n) is 4.46. The van der Waals surface area contributed by atoms with Gasteiger partial charge in [0.05, 0.1) is 0 Å². The van der Waals surface area contributed by atoms with E-state index in [1.54, 1.807) is 18.2 Å². The molecule has 0 aliphatic carbocycles. The van der Waals surface area contributed by atoms with Gasteiger partial charge in [-0.3, -0.25) is 4.79 Å². The number of hydrogen-bond donors (Lipinski definition) is 2. The van der Waals surface area contributed by atoms with Crippen LogP contribution in [-0.4, -0.2) is 31.8 Å². The van der Waals surface area contributed by atoms with Crippen molar-refractivity contribution in [2.45, 2.75) is 18.9 Å². The van der Waals surface area contributed by atoms with Crippen molar-refractivity contribution >= 4 is 27.5 Å². The van der Waals surface area contributed by atoms with Crippen LogP contribution in [0.25, 0.3) is 0 Å². The van der Waals surface area contributed by atoms with Crippen LogP contribution in [0.15, 0.2) is 22.7 Å². The van der Waals surface area contributed by atoms with Crippen LogP contribution in [0.4, 0.5) is 5.69 Å². The van der Waals surface area contributed by atoms with Crippen LogP contribution in [0, 0.1) is 0 Å². The third kappa shape index (κ3) is 4.72. The summed E-state index contributed by atoms with van der Waals surface area (Å²) in [6, 6.07) is 5.43. The van der Waals surface area contributed by atoms with Gasteiger partial charge in [-0.05, 0) is 25.0 Å². The summed E-state index contributed by atoms with van der Waals surface area (Å²) in [5.41, 5.74) is 6.28. The molecule has 1 heterocycles. The molecule has 6 heteroatoms. The summed E-state index contributed by atoms with van der Waals surface area (Å²) in [5.74, 6) is 0.458. The van der Waals surface area contributed by atoms with Crippen LogP contribution in [0.2, 0.25) is 0 Å². The number of carbonyl (C=O) groups excluding carboxylic acids is 1. The molecular formula is C13H17BrN2O3. The minimum absolute atomic E-state index is 0.00670. The van der Waals surface area contributed by atoms with Crippen molar-refractivity contribution in [2.24, 2.45) is 0 Å². The van der Waals surface area contributed by atoms with Gasteiger partial charge in [0, 0.05) is 35.5 Å². The molecule has 0 spiro atoms. The lowest BCUT2D eigenvalue weighted by molar-refractivity contribution is -0.124. The number of nitrogens with one attached hydrogen (secondary N) is 1. The molecule has 5 nitrogen and oxygen atoms in total. The molecule has 3 N–H and O–H groups in total. The Morgan fingerprint density at radius 2 is 2.16 bits per heavy atom. The summed E-state index contributed by atoms with van der Waals surface area (Å²) >= 11 is 3.33. The number of amides is 1. The van der Waals surface area contributed by atoms with Gasteiger partial charge in [0.1, 0.15) is 5.75 Å². The number of ether oxygens (including phenoxy) is 2. The fraction of sp³-hybridized carbons (Fsp3) is 0.462. The Balaban J connectivity index is 1.79. The number of anilines is 1. The largest absolute Gasteiger partial charge is 0.484 e. The first-order valence-electron chi connectivity index (χ1n) is 6.19. The Kier molecular flexibility index (Phi) is 5.04. The summed E-state index contributed by atoms with van der Waals surface area (Å²) in [6.07, 6.45) is 1.71. The van der Waals surface area contributed by atoms with E-state index in [0.29, 0.717) is 24.7 Å². The zero-order valence-corrected chi connectivity index (χ0v) is 12.1. The van der Waals surface area contributed by atoms with E-state index in [9.17, 15) is 4.79 Å². The minimum Gasteiger partial charge on any atom is -0.484 e. The predicted molar refractivity (Wildman–Crippen MR) is 76.0 cm³/mol. The lowest BCUT2D eigenvalue weighted by atomic mass is 10.1. The smallest absolute Gasteiger partial charge is 0.258 e. The summed E-state index contributed by atoms with van der Waals surface area (Å²) in [4.78, 5) is 11.7. The van der Waals surface area contributed by atoms with Crippen LogP contribution < -0.4 is 15.8 Å². The van der Waals surface area contributed by atoms with E-state index in [1.807, 2.05) is 0 Å². The SMILES string of the molecule is Nc1cc(Br)cc(OCC(=O)NC2CCOCC2)c1. The molecule has 104 valence electrons. The maximum Gasteiger partial charge on any atom is 0.258 e. The molecule has 1 amide bonds. The van der Waals surface area contributed by atoms with Gasteiger partial charge in [-0.25, -0.2) is 0 Å². The van der Waals surface area contributed by atoms with E-state index in [0.717, 1.165) is 17.3 Å². The Labute approximate surface area is 120 Å². The number of nitrogens with two attached hydrogens (primary N) is 1. The fourth-order valence-electron chi connectivity index (χ4n) is 1.93. The van der Waals surface area contributed by atoms with E-state index in [1.165, 1.54) is 0 Å². The lowest BCUT2D eigenvalue weighted by Crippen LogP contribution is -2.41. The van der Waals surface area contributed by atoms with E-state index >= 15 is 0 Å². The maximum absolute atomic E-state index is 11.7. The topological polar surface area (TPSA) is 73.6 Å². The minimum atomic E-state index is -0.120. The average molecular weight is 329 g/mol. The lowest BCUT2D eigenvalue weighted by Gasteiger charge is -2.23. The number of halogens is 1. The van der Waals surface area contributed by atoms with Crippen molar-refractivity contribution in [3.05, 3.63) is 22.7 Å². The molecule has 0 radical (unpaired) electrons. The second kappa shape index (κ2) is 6.77. The zero-order valence-electron chi connectivity index (χ0n) is 10.5. The van der Waals surface area contributed by atoms with Crippen molar-refractivity contribution < 1.29 is 14.3 Å². The predicted octanol–water partition coefficient (Wildman–Crippen LogP) is 1.71. The number of benzene rings is 1. The Morgan fingerprint density at radius 3 is 2.84 bits per heavy atom. The fourth-order valence-corrected chi connectivity index (χ4v) is 2.42. The number of hydrogen-bond acceptors (Lipinski definition) is 4. The third-order valence-electron chi connectivity index (χ3n) is 2.85. The van der Waals surface area contributed by atoms with Gasteiger partial charge in [-0.15, -0.1) is 0 Å². The molecule has 1 aliphatic rings. The van der Waals surface area contributed by atoms with Gasteiger partial charge in [0.15, 0.2) is 6.61 Å². The van der Waals surface area contributed by atoms with E-state index in [4.69, 9.17) is 15.2 Å². The molecule has 0 saturated carbocycles. The molecule has 1 fully saturated rings. The van der Waals surface area contributed by atoms with Crippen molar-refractivity contribution in [3.8, 4) is 5.75 Å². The van der Waals surface area contributed by atoms with E-state index < -0.39 is 0 Å². The van der Waals surface area contributed by atoms with Crippen LogP contribution in [0.5, 0.6) is 5.75 Å². The first-order chi connectivity index (χ1) is 9.13. The molecule has 2 rings (SSSR count). The number of carbonyl (C=O) groups is 1. The Bertz CT molecular complexity index is 427. The van der Waals surface area contributed by atoms with Gasteiger partial charge in [-0.1, -0.05) is 15.9 Å². The monoisotopic (exact) mass is 328 g/mol. The highest BCUT2D eigenvalue weighted by Gasteiger charge is 2.16. The molecule has 0 aromatic heterocycles. The Hall–Kier alpha value is -1.27. The molecule has 1 aromatic carbocycles. The first kappa shape index (κ1) is 14.1. The maximum atomic E-state index is 11.7. The molecule has 0 unspecified atom stereocenters. The highest BCUT2D eigenvalue weighted by molar-refractivity contribution is 9.10.